The van der Waals surface area contributed by atoms with E-state index in [2.05, 4.69) is 4.98 Å². The van der Waals surface area contributed by atoms with Crippen molar-refractivity contribution in [3.05, 3.63) is 45.5 Å². The molecule has 0 saturated heterocycles. The maximum absolute atomic E-state index is 12.2. The second-order valence-corrected chi connectivity index (χ2v) is 5.92. The second kappa shape index (κ2) is 7.64. The molecule has 0 bridgehead atoms. The Morgan fingerprint density at radius 2 is 2.00 bits per heavy atom. The molecule has 0 aliphatic heterocycles. The zero-order chi connectivity index (χ0) is 17.7. The molecule has 0 fully saturated rings. The number of hydrogen-bond acceptors (Lipinski definition) is 6. The van der Waals surface area contributed by atoms with E-state index in [1.807, 2.05) is 0 Å². The van der Waals surface area contributed by atoms with Crippen LogP contribution in [0.4, 0.5) is 5.69 Å². The number of benzene rings is 1. The fourth-order valence-corrected chi connectivity index (χ4v) is 2.79. The van der Waals surface area contributed by atoms with Gasteiger partial charge in [0.1, 0.15) is 10.7 Å². The van der Waals surface area contributed by atoms with Crippen LogP contribution in [0.1, 0.15) is 23.3 Å². The van der Waals surface area contributed by atoms with Crippen molar-refractivity contribution in [2.45, 2.75) is 12.8 Å². The normalized spacial score (nSPS) is 10.4. The van der Waals surface area contributed by atoms with Crippen LogP contribution in [0.3, 0.4) is 0 Å². The molecular formula is C15H15N3O5S. The first-order chi connectivity index (χ1) is 11.4. The highest BCUT2D eigenvalue weighted by molar-refractivity contribution is 7.13. The van der Waals surface area contributed by atoms with Crippen molar-refractivity contribution in [3.8, 4) is 10.6 Å². The number of carbonyl (C=O) groups is 2. The number of aliphatic carboxylic acids is 1. The predicted molar refractivity (Wildman–Crippen MR) is 88.0 cm³/mol. The number of nitro benzene ring substituents is 1. The summed E-state index contributed by atoms with van der Waals surface area (Å²) in [7, 11) is 1.59. The number of carboxylic acids is 1. The Morgan fingerprint density at radius 1 is 1.33 bits per heavy atom. The minimum Gasteiger partial charge on any atom is -0.481 e. The molecule has 0 unspecified atom stereocenters. The number of carboxylic acid groups (broad SMARTS) is 1. The summed E-state index contributed by atoms with van der Waals surface area (Å²) in [5.41, 5.74) is 0.953. The van der Waals surface area contributed by atoms with Gasteiger partial charge in [-0.15, -0.1) is 11.3 Å². The first-order valence-corrected chi connectivity index (χ1v) is 7.94. The van der Waals surface area contributed by atoms with E-state index in [0.717, 1.165) is 0 Å². The lowest BCUT2D eigenvalue weighted by molar-refractivity contribution is -0.384. The number of nitrogens with zero attached hydrogens (tertiary/aromatic N) is 3. The number of thiazole rings is 1. The summed E-state index contributed by atoms with van der Waals surface area (Å²) in [5.74, 6) is -1.19. The maximum Gasteiger partial charge on any atom is 0.303 e. The molecule has 24 heavy (non-hydrogen) atoms. The maximum atomic E-state index is 12.2. The fraction of sp³-hybridized carbons (Fsp3) is 0.267. The number of aromatic nitrogens is 1. The van der Waals surface area contributed by atoms with Gasteiger partial charge in [-0.25, -0.2) is 4.98 Å². The van der Waals surface area contributed by atoms with Crippen molar-refractivity contribution in [3.63, 3.8) is 0 Å². The molecule has 0 atom stereocenters. The fourth-order valence-electron chi connectivity index (χ4n) is 1.99. The number of hydrogen-bond donors (Lipinski definition) is 1. The van der Waals surface area contributed by atoms with Crippen LogP contribution in [0, 0.1) is 10.1 Å². The van der Waals surface area contributed by atoms with Gasteiger partial charge in [-0.2, -0.15) is 0 Å². The average Bonchev–Trinajstić information content (AvgIpc) is 3.03. The van der Waals surface area contributed by atoms with Crippen LogP contribution >= 0.6 is 11.3 Å². The molecule has 1 aromatic heterocycles. The van der Waals surface area contributed by atoms with Crippen LogP contribution < -0.4 is 0 Å². The van der Waals surface area contributed by atoms with Crippen LogP contribution in [-0.4, -0.2) is 45.4 Å². The van der Waals surface area contributed by atoms with E-state index in [0.29, 0.717) is 23.5 Å². The van der Waals surface area contributed by atoms with E-state index in [-0.39, 0.29) is 23.7 Å². The quantitative estimate of drug-likeness (QED) is 0.607. The van der Waals surface area contributed by atoms with Gasteiger partial charge in [-0.05, 0) is 18.6 Å². The molecule has 0 aliphatic rings. The topological polar surface area (TPSA) is 114 Å². The van der Waals surface area contributed by atoms with E-state index in [4.69, 9.17) is 5.11 Å². The Hall–Kier alpha value is -2.81. The zero-order valence-electron chi connectivity index (χ0n) is 12.8. The lowest BCUT2D eigenvalue weighted by atomic mass is 10.2. The van der Waals surface area contributed by atoms with Gasteiger partial charge in [0.05, 0.1) is 4.92 Å². The molecule has 126 valence electrons. The van der Waals surface area contributed by atoms with Gasteiger partial charge in [-0.3, -0.25) is 19.7 Å². The molecule has 1 heterocycles. The summed E-state index contributed by atoms with van der Waals surface area (Å²) in [5, 5.41) is 21.5. The van der Waals surface area contributed by atoms with Crippen molar-refractivity contribution in [2.75, 3.05) is 13.6 Å². The number of non-ortho nitro benzene ring substituents is 1. The number of rotatable bonds is 7. The largest absolute Gasteiger partial charge is 0.481 e. The van der Waals surface area contributed by atoms with Gasteiger partial charge in [0.25, 0.3) is 11.6 Å². The Labute approximate surface area is 141 Å². The van der Waals surface area contributed by atoms with Crippen LogP contribution in [0.2, 0.25) is 0 Å². The third kappa shape index (κ3) is 4.35. The molecule has 1 aromatic carbocycles. The van der Waals surface area contributed by atoms with Crippen molar-refractivity contribution in [2.24, 2.45) is 0 Å². The summed E-state index contributed by atoms with van der Waals surface area (Å²) >= 11 is 1.27. The molecule has 1 amide bonds. The van der Waals surface area contributed by atoms with Gasteiger partial charge in [-0.1, -0.05) is 0 Å². The van der Waals surface area contributed by atoms with E-state index in [9.17, 15) is 19.7 Å². The highest BCUT2D eigenvalue weighted by atomic mass is 32.1. The van der Waals surface area contributed by atoms with Crippen LogP contribution in [0.25, 0.3) is 10.6 Å². The van der Waals surface area contributed by atoms with E-state index >= 15 is 0 Å². The molecule has 9 heteroatoms. The second-order valence-electron chi connectivity index (χ2n) is 5.07. The summed E-state index contributed by atoms with van der Waals surface area (Å²) in [6.07, 6.45) is 0.375. The van der Waals surface area contributed by atoms with Gasteiger partial charge >= 0.3 is 5.97 Å². The van der Waals surface area contributed by atoms with Crippen molar-refractivity contribution in [1.82, 2.24) is 9.88 Å². The van der Waals surface area contributed by atoms with Gasteiger partial charge in [0.15, 0.2) is 0 Å². The number of carbonyl (C=O) groups excluding carboxylic acids is 1. The van der Waals surface area contributed by atoms with Gasteiger partial charge in [0.2, 0.25) is 0 Å². The van der Waals surface area contributed by atoms with Crippen molar-refractivity contribution < 1.29 is 19.6 Å². The molecule has 1 N–H and O–H groups in total. The molecule has 2 aromatic rings. The van der Waals surface area contributed by atoms with Crippen molar-refractivity contribution in [1.29, 1.82) is 0 Å². The van der Waals surface area contributed by atoms with Gasteiger partial charge in [0, 0.05) is 43.1 Å². The number of nitro groups is 1. The van der Waals surface area contributed by atoms with Crippen molar-refractivity contribution >= 4 is 28.9 Å². The van der Waals surface area contributed by atoms with E-state index < -0.39 is 10.9 Å². The summed E-state index contributed by atoms with van der Waals surface area (Å²) in [6, 6.07) is 5.94. The van der Waals surface area contributed by atoms with E-state index in [1.165, 1.54) is 28.4 Å². The average molecular weight is 349 g/mol. The Morgan fingerprint density at radius 3 is 2.58 bits per heavy atom. The van der Waals surface area contributed by atoms with E-state index in [1.54, 1.807) is 24.6 Å². The SMILES string of the molecule is CN(CCCC(=O)O)C(=O)c1csc(-c2ccc([N+](=O)[O-])cc2)n1. The first kappa shape index (κ1) is 17.5. The standard InChI is InChI=1S/C15H15N3O5S/c1-17(8-2-3-13(19)20)15(21)12-9-24-14(16-12)10-4-6-11(7-5-10)18(22)23/h4-7,9H,2-3,8H2,1H3,(H,19,20). The third-order valence-corrected chi connectivity index (χ3v) is 4.17. The minimum atomic E-state index is -0.898. The molecular weight excluding hydrogens is 334 g/mol. The van der Waals surface area contributed by atoms with Crippen LogP contribution in [-0.2, 0) is 4.79 Å². The molecule has 0 spiro atoms. The smallest absolute Gasteiger partial charge is 0.303 e. The molecule has 8 nitrogen and oxygen atoms in total. The summed E-state index contributed by atoms with van der Waals surface area (Å²) < 4.78 is 0. The highest BCUT2D eigenvalue weighted by Gasteiger charge is 2.16. The lowest BCUT2D eigenvalue weighted by Gasteiger charge is -2.14. The molecule has 0 saturated carbocycles. The molecule has 0 aliphatic carbocycles. The summed E-state index contributed by atoms with van der Waals surface area (Å²) in [6.45, 7) is 0.329. The van der Waals surface area contributed by atoms with Crippen LogP contribution in [0.5, 0.6) is 0 Å². The molecule has 2 rings (SSSR count). The number of amides is 1. The van der Waals surface area contributed by atoms with Crippen LogP contribution in [0.15, 0.2) is 29.6 Å². The predicted octanol–water partition coefficient (Wildman–Crippen LogP) is 2.66. The monoisotopic (exact) mass is 349 g/mol. The summed E-state index contributed by atoms with van der Waals surface area (Å²) in [4.78, 5) is 38.6. The first-order valence-electron chi connectivity index (χ1n) is 7.06. The molecule has 0 radical (unpaired) electrons. The zero-order valence-corrected chi connectivity index (χ0v) is 13.7. The lowest BCUT2D eigenvalue weighted by Crippen LogP contribution is -2.28. The van der Waals surface area contributed by atoms with Gasteiger partial charge < -0.3 is 10.0 Å². The highest BCUT2D eigenvalue weighted by Crippen LogP contribution is 2.26. The Kier molecular flexibility index (Phi) is 5.59. The Bertz CT molecular complexity index is 757. The third-order valence-electron chi connectivity index (χ3n) is 3.28. The minimum absolute atomic E-state index is 0.00271. The Balaban J connectivity index is 2.05.